The quantitative estimate of drug-likeness (QED) is 0.414. The number of hydrogen-bond acceptors (Lipinski definition) is 9. The predicted molar refractivity (Wildman–Crippen MR) is 123 cm³/mol. The fraction of sp³-hybridized carbons (Fsp3) is 0.250. The second-order valence-corrected chi connectivity index (χ2v) is 9.40. The van der Waals surface area contributed by atoms with Crippen molar-refractivity contribution in [3.63, 3.8) is 0 Å². The lowest BCUT2D eigenvalue weighted by molar-refractivity contribution is -0.137. The standard InChI is InChI=1S/C20H21F3N8O3S/c1-11-8-12(4-5-13(11)16(24)32)29-19-28-9-14(20(21,22)23)17(30-19)27-10-15-18(26-7-6-25-15)31(2)35(3,33)34/h4-9H,10H2,1-3H3,(H2,24,32)(H2,27,28,29,30). The molecule has 186 valence electrons. The van der Waals surface area contributed by atoms with E-state index in [0.29, 0.717) is 23.0 Å². The third-order valence-electron chi connectivity index (χ3n) is 4.81. The molecule has 0 saturated heterocycles. The number of aromatic nitrogens is 4. The minimum absolute atomic E-state index is 0.0477. The van der Waals surface area contributed by atoms with Crippen LogP contribution in [-0.2, 0) is 22.7 Å². The first-order chi connectivity index (χ1) is 16.3. The average molecular weight is 511 g/mol. The number of anilines is 4. The zero-order chi connectivity index (χ0) is 26.0. The lowest BCUT2D eigenvalue weighted by Gasteiger charge is -2.19. The molecule has 2 aromatic heterocycles. The molecule has 0 unspecified atom stereocenters. The number of halogens is 3. The van der Waals surface area contributed by atoms with Crippen LogP contribution in [0.1, 0.15) is 27.2 Å². The average Bonchev–Trinajstić information content (AvgIpc) is 2.76. The summed E-state index contributed by atoms with van der Waals surface area (Å²) in [5.41, 5.74) is 5.50. The smallest absolute Gasteiger partial charge is 0.366 e. The number of carbonyl (C=O) groups is 1. The number of rotatable bonds is 8. The van der Waals surface area contributed by atoms with Gasteiger partial charge < -0.3 is 16.4 Å². The zero-order valence-electron chi connectivity index (χ0n) is 18.8. The van der Waals surface area contributed by atoms with Gasteiger partial charge in [-0.3, -0.25) is 14.1 Å². The summed E-state index contributed by atoms with van der Waals surface area (Å²) in [4.78, 5) is 27.1. The van der Waals surface area contributed by atoms with Crippen molar-refractivity contribution in [2.75, 3.05) is 28.2 Å². The summed E-state index contributed by atoms with van der Waals surface area (Å²) >= 11 is 0. The van der Waals surface area contributed by atoms with Gasteiger partial charge in [0.25, 0.3) is 0 Å². The fourth-order valence-corrected chi connectivity index (χ4v) is 3.47. The van der Waals surface area contributed by atoms with E-state index in [1.54, 1.807) is 13.0 Å². The Morgan fingerprint density at radius 2 is 1.86 bits per heavy atom. The van der Waals surface area contributed by atoms with Gasteiger partial charge in [-0.1, -0.05) is 0 Å². The Kier molecular flexibility index (Phi) is 7.09. The number of aryl methyl sites for hydroxylation is 1. The van der Waals surface area contributed by atoms with E-state index in [9.17, 15) is 26.4 Å². The van der Waals surface area contributed by atoms with Gasteiger partial charge in [0.2, 0.25) is 21.9 Å². The lowest BCUT2D eigenvalue weighted by atomic mass is 10.1. The highest BCUT2D eigenvalue weighted by Gasteiger charge is 2.35. The third kappa shape index (κ3) is 6.11. The van der Waals surface area contributed by atoms with Crippen molar-refractivity contribution in [1.82, 2.24) is 19.9 Å². The summed E-state index contributed by atoms with van der Waals surface area (Å²) in [6.07, 6.45) is -0.648. The Morgan fingerprint density at radius 3 is 2.46 bits per heavy atom. The molecular weight excluding hydrogens is 489 g/mol. The third-order valence-corrected chi connectivity index (χ3v) is 5.98. The maximum atomic E-state index is 13.6. The summed E-state index contributed by atoms with van der Waals surface area (Å²) in [6, 6.07) is 4.55. The van der Waals surface area contributed by atoms with E-state index in [2.05, 4.69) is 30.6 Å². The highest BCUT2D eigenvalue weighted by atomic mass is 32.2. The number of amides is 1. The van der Waals surface area contributed by atoms with Crippen LogP contribution in [0.25, 0.3) is 0 Å². The summed E-state index contributed by atoms with van der Waals surface area (Å²) in [5, 5.41) is 5.33. The largest absolute Gasteiger partial charge is 0.421 e. The molecule has 15 heteroatoms. The predicted octanol–water partition coefficient (Wildman–Crippen LogP) is 2.44. The van der Waals surface area contributed by atoms with Gasteiger partial charge in [0.05, 0.1) is 12.8 Å². The summed E-state index contributed by atoms with van der Waals surface area (Å²) in [5.74, 6) is -1.37. The minimum Gasteiger partial charge on any atom is -0.366 e. The molecule has 4 N–H and O–H groups in total. The topological polar surface area (TPSA) is 156 Å². The molecule has 11 nitrogen and oxygen atoms in total. The molecule has 3 rings (SSSR count). The Balaban J connectivity index is 1.92. The van der Waals surface area contributed by atoms with E-state index in [1.807, 2.05) is 0 Å². The van der Waals surface area contributed by atoms with E-state index in [-0.39, 0.29) is 24.0 Å². The molecule has 0 aliphatic rings. The zero-order valence-corrected chi connectivity index (χ0v) is 19.6. The van der Waals surface area contributed by atoms with Crippen LogP contribution in [0.5, 0.6) is 0 Å². The Bertz CT molecular complexity index is 1370. The van der Waals surface area contributed by atoms with Crippen LogP contribution in [0, 0.1) is 6.92 Å². The van der Waals surface area contributed by atoms with E-state index in [0.717, 1.165) is 10.6 Å². The fourth-order valence-electron chi connectivity index (χ4n) is 3.00. The molecule has 2 heterocycles. The summed E-state index contributed by atoms with van der Waals surface area (Å²) < 4.78 is 65.3. The van der Waals surface area contributed by atoms with Gasteiger partial charge in [0, 0.05) is 36.9 Å². The van der Waals surface area contributed by atoms with E-state index >= 15 is 0 Å². The molecule has 0 radical (unpaired) electrons. The molecule has 3 aromatic rings. The van der Waals surface area contributed by atoms with Crippen molar-refractivity contribution in [3.8, 4) is 0 Å². The van der Waals surface area contributed by atoms with Gasteiger partial charge in [0.1, 0.15) is 17.1 Å². The molecule has 0 aliphatic carbocycles. The van der Waals surface area contributed by atoms with Gasteiger partial charge in [-0.2, -0.15) is 18.2 Å². The van der Waals surface area contributed by atoms with Crippen molar-refractivity contribution in [3.05, 3.63) is 59.2 Å². The Morgan fingerprint density at radius 1 is 1.17 bits per heavy atom. The summed E-state index contributed by atoms with van der Waals surface area (Å²) in [6.45, 7) is 1.34. The van der Waals surface area contributed by atoms with Crippen molar-refractivity contribution in [1.29, 1.82) is 0 Å². The van der Waals surface area contributed by atoms with Crippen LogP contribution < -0.4 is 20.7 Å². The molecule has 0 atom stereocenters. The number of sulfonamides is 1. The van der Waals surface area contributed by atoms with Crippen molar-refractivity contribution >= 4 is 39.2 Å². The van der Waals surface area contributed by atoms with Crippen molar-refractivity contribution in [2.45, 2.75) is 19.6 Å². The highest BCUT2D eigenvalue weighted by molar-refractivity contribution is 7.92. The van der Waals surface area contributed by atoms with Gasteiger partial charge in [-0.05, 0) is 30.7 Å². The molecular formula is C20H21F3N8O3S. The van der Waals surface area contributed by atoms with Gasteiger partial charge in [-0.25, -0.2) is 18.4 Å². The van der Waals surface area contributed by atoms with Crippen LogP contribution >= 0.6 is 0 Å². The Hall–Kier alpha value is -4.01. The van der Waals surface area contributed by atoms with Gasteiger partial charge >= 0.3 is 6.18 Å². The van der Waals surface area contributed by atoms with Crippen molar-refractivity contribution in [2.24, 2.45) is 5.73 Å². The molecule has 1 amide bonds. The highest BCUT2D eigenvalue weighted by Crippen LogP contribution is 2.34. The number of nitrogens with two attached hydrogens (primary N) is 1. The molecule has 0 spiro atoms. The maximum absolute atomic E-state index is 13.6. The first kappa shape index (κ1) is 25.6. The number of alkyl halides is 3. The van der Waals surface area contributed by atoms with E-state index in [4.69, 9.17) is 5.73 Å². The van der Waals surface area contributed by atoms with Crippen LogP contribution in [0.15, 0.2) is 36.8 Å². The first-order valence-electron chi connectivity index (χ1n) is 9.86. The molecule has 0 saturated carbocycles. The number of hydrogen-bond donors (Lipinski definition) is 3. The maximum Gasteiger partial charge on any atom is 0.421 e. The van der Waals surface area contributed by atoms with Crippen LogP contribution in [0.3, 0.4) is 0 Å². The summed E-state index contributed by atoms with van der Waals surface area (Å²) in [7, 11) is -2.44. The van der Waals surface area contributed by atoms with Crippen LogP contribution in [0.4, 0.5) is 36.4 Å². The lowest BCUT2D eigenvalue weighted by Crippen LogP contribution is -2.27. The molecule has 35 heavy (non-hydrogen) atoms. The van der Waals surface area contributed by atoms with E-state index < -0.39 is 33.5 Å². The van der Waals surface area contributed by atoms with Gasteiger partial charge in [0.15, 0.2) is 5.82 Å². The Labute approximate surface area is 198 Å². The molecule has 0 bridgehead atoms. The molecule has 0 fully saturated rings. The first-order valence-corrected chi connectivity index (χ1v) is 11.7. The number of primary amides is 1. The minimum atomic E-state index is -4.77. The SMILES string of the molecule is Cc1cc(Nc2ncc(C(F)(F)F)c(NCc3nccnc3N(C)S(C)(=O)=O)n2)ccc1C(N)=O. The van der Waals surface area contributed by atoms with Gasteiger partial charge in [-0.15, -0.1) is 0 Å². The second-order valence-electron chi connectivity index (χ2n) is 7.38. The monoisotopic (exact) mass is 510 g/mol. The van der Waals surface area contributed by atoms with Crippen molar-refractivity contribution < 1.29 is 26.4 Å². The molecule has 0 aliphatic heterocycles. The number of carbonyl (C=O) groups excluding carboxylic acids is 1. The number of nitrogens with one attached hydrogen (secondary N) is 2. The molecule has 1 aromatic carbocycles. The van der Waals surface area contributed by atoms with E-state index in [1.165, 1.54) is 31.6 Å². The second kappa shape index (κ2) is 9.69. The normalized spacial score (nSPS) is 11.7. The number of benzene rings is 1. The number of nitrogens with zero attached hydrogens (tertiary/aromatic N) is 5. The van der Waals surface area contributed by atoms with Crippen LogP contribution in [-0.4, -0.2) is 47.6 Å². The van der Waals surface area contributed by atoms with Crippen LogP contribution in [0.2, 0.25) is 0 Å².